The summed E-state index contributed by atoms with van der Waals surface area (Å²) < 4.78 is 31.1. The largest absolute Gasteiger partial charge is 0.396 e. The van der Waals surface area contributed by atoms with Crippen LogP contribution in [0.2, 0.25) is 0 Å². The number of sulfonamides is 1. The van der Waals surface area contributed by atoms with Gasteiger partial charge < -0.3 is 30.6 Å². The van der Waals surface area contributed by atoms with E-state index in [2.05, 4.69) is 36.8 Å². The highest BCUT2D eigenvalue weighted by Crippen LogP contribution is 2.50. The van der Waals surface area contributed by atoms with E-state index < -0.39 is 69.4 Å². The van der Waals surface area contributed by atoms with Crippen LogP contribution in [-0.2, 0) is 10.0 Å². The van der Waals surface area contributed by atoms with Gasteiger partial charge in [-0.2, -0.15) is 0 Å². The zero-order valence-corrected chi connectivity index (χ0v) is 29.7. The van der Waals surface area contributed by atoms with Crippen molar-refractivity contribution in [1.29, 1.82) is 0 Å². The summed E-state index contributed by atoms with van der Waals surface area (Å²) in [6.45, 7) is 3.67. The van der Waals surface area contributed by atoms with Gasteiger partial charge in [0.15, 0.2) is 0 Å². The highest BCUT2D eigenvalue weighted by molar-refractivity contribution is 7.90. The fourth-order valence-corrected chi connectivity index (χ4v) is 13.2. The minimum atomic E-state index is -4.24. The van der Waals surface area contributed by atoms with E-state index >= 15 is 0 Å². The third-order valence-electron chi connectivity index (χ3n) is 13.8. The van der Waals surface area contributed by atoms with Crippen molar-refractivity contribution in [3.63, 3.8) is 0 Å². The van der Waals surface area contributed by atoms with Crippen molar-refractivity contribution < 1.29 is 39.1 Å². The van der Waals surface area contributed by atoms with Gasteiger partial charge in [0.25, 0.3) is 0 Å². The SMILES string of the molecule is Cc1cccc(C2CCC([C@@H]3C(O)[C@H](NS(=O)(=O)C4C[C@H](CO)[C@H](O)[C@H](C5CCC(C6CCCC(C)C6)C5)[C@H]4O)C[C@H](CO)[C@@H]3O)C2)c1. The number of aliphatic hydroxyl groups excluding tert-OH is 6. The summed E-state index contributed by atoms with van der Waals surface area (Å²) in [7, 11) is -4.24. The Balaban J connectivity index is 1.17. The van der Waals surface area contributed by atoms with Gasteiger partial charge in [-0.25, -0.2) is 13.1 Å². The molecule has 0 saturated heterocycles. The molecule has 5 saturated carbocycles. The van der Waals surface area contributed by atoms with Gasteiger partial charge in [0.05, 0.1) is 24.4 Å². The van der Waals surface area contributed by atoms with Gasteiger partial charge >= 0.3 is 0 Å². The summed E-state index contributed by atoms with van der Waals surface area (Å²) >= 11 is 0. The summed E-state index contributed by atoms with van der Waals surface area (Å²) in [6.07, 6.45) is 5.64. The Kier molecular flexibility index (Phi) is 11.6. The summed E-state index contributed by atoms with van der Waals surface area (Å²) in [6, 6.07) is 7.46. The highest BCUT2D eigenvalue weighted by atomic mass is 32.2. The maximum Gasteiger partial charge on any atom is 0.217 e. The van der Waals surface area contributed by atoms with E-state index in [1.54, 1.807) is 0 Å². The average Bonchev–Trinajstić information content (AvgIpc) is 3.74. The van der Waals surface area contributed by atoms with Crippen molar-refractivity contribution in [2.75, 3.05) is 13.2 Å². The van der Waals surface area contributed by atoms with Crippen LogP contribution in [-0.4, -0.2) is 88.0 Å². The zero-order valence-electron chi connectivity index (χ0n) is 28.9. The molecule has 1 aromatic carbocycles. The number of aliphatic hydroxyl groups is 6. The van der Waals surface area contributed by atoms with Gasteiger partial charge in [0, 0.05) is 42.9 Å². The number of nitrogens with one attached hydrogen (secondary N) is 1. The van der Waals surface area contributed by atoms with Crippen molar-refractivity contribution >= 4 is 10.0 Å². The number of hydrogen-bond donors (Lipinski definition) is 7. The zero-order chi connectivity index (χ0) is 34.3. The van der Waals surface area contributed by atoms with Crippen molar-refractivity contribution in [2.45, 2.75) is 133 Å². The van der Waals surface area contributed by atoms with Gasteiger partial charge in [-0.3, -0.25) is 0 Å². The summed E-state index contributed by atoms with van der Waals surface area (Å²) in [4.78, 5) is 0. The van der Waals surface area contributed by atoms with Crippen molar-refractivity contribution in [3.05, 3.63) is 35.4 Å². The summed E-state index contributed by atoms with van der Waals surface area (Å²) in [5.41, 5.74) is 2.41. The molecule has 0 aliphatic heterocycles. The first-order valence-corrected chi connectivity index (χ1v) is 20.5. The Morgan fingerprint density at radius 3 is 2.02 bits per heavy atom. The third-order valence-corrected chi connectivity index (χ3v) is 15.7. The molecule has 7 N–H and O–H groups in total. The smallest absolute Gasteiger partial charge is 0.217 e. The minimum absolute atomic E-state index is 0.0217. The Morgan fingerprint density at radius 2 is 1.33 bits per heavy atom. The van der Waals surface area contributed by atoms with E-state index in [1.807, 2.05) is 6.07 Å². The molecule has 0 amide bonds. The first-order chi connectivity index (χ1) is 22.9. The number of aryl methyl sites for hydroxylation is 1. The monoisotopic (exact) mass is 691 g/mol. The molecule has 0 radical (unpaired) electrons. The topological polar surface area (TPSA) is 168 Å². The predicted molar refractivity (Wildman–Crippen MR) is 184 cm³/mol. The first kappa shape index (κ1) is 36.7. The van der Waals surface area contributed by atoms with E-state index in [9.17, 15) is 39.1 Å². The normalized spacial score (nSPS) is 45.8. The van der Waals surface area contributed by atoms with E-state index in [1.165, 1.54) is 36.8 Å². The van der Waals surface area contributed by atoms with Crippen LogP contribution in [0.3, 0.4) is 0 Å². The molecule has 0 spiro atoms. The first-order valence-electron chi connectivity index (χ1n) is 18.9. The molecule has 5 fully saturated rings. The molecule has 16 atom stereocenters. The fourth-order valence-electron chi connectivity index (χ4n) is 11.3. The lowest BCUT2D eigenvalue weighted by Crippen LogP contribution is -2.62. The van der Waals surface area contributed by atoms with Crippen LogP contribution in [0.15, 0.2) is 24.3 Å². The van der Waals surface area contributed by atoms with Gasteiger partial charge in [-0.1, -0.05) is 56.0 Å². The Bertz CT molecular complexity index is 1330. The van der Waals surface area contributed by atoms with Crippen molar-refractivity contribution in [1.82, 2.24) is 4.72 Å². The lowest BCUT2D eigenvalue weighted by Gasteiger charge is -2.47. The summed E-state index contributed by atoms with van der Waals surface area (Å²) in [5, 5.41) is 65.5. The molecule has 0 bridgehead atoms. The van der Waals surface area contributed by atoms with Gasteiger partial charge in [-0.05, 0) is 106 Å². The molecule has 1 aromatic rings. The molecule has 6 rings (SSSR count). The van der Waals surface area contributed by atoms with E-state index in [4.69, 9.17) is 0 Å². The lowest BCUT2D eigenvalue weighted by atomic mass is 9.68. The predicted octanol–water partition coefficient (Wildman–Crippen LogP) is 3.48. The average molecular weight is 692 g/mol. The Labute approximate surface area is 287 Å². The van der Waals surface area contributed by atoms with E-state index in [0.29, 0.717) is 17.8 Å². The molecular weight excluding hydrogens is 630 g/mol. The quantitative estimate of drug-likeness (QED) is 0.207. The van der Waals surface area contributed by atoms with Crippen molar-refractivity contribution in [3.8, 4) is 0 Å². The lowest BCUT2D eigenvalue weighted by molar-refractivity contribution is -0.104. The molecule has 5 aliphatic carbocycles. The van der Waals surface area contributed by atoms with Crippen LogP contribution in [0.1, 0.15) is 101 Å². The Hall–Kier alpha value is -1.11. The molecule has 10 heteroatoms. The van der Waals surface area contributed by atoms with Gasteiger partial charge in [0.1, 0.15) is 5.25 Å². The van der Waals surface area contributed by atoms with Crippen LogP contribution in [0.4, 0.5) is 0 Å². The molecule has 272 valence electrons. The van der Waals surface area contributed by atoms with Crippen LogP contribution in [0, 0.1) is 60.2 Å². The molecule has 8 unspecified atom stereocenters. The standard InChI is InChI=1S/C38H61NO8S/c1-21-5-3-7-23(13-21)25-9-11-27(15-25)33-35(42)29(19-40)17-31(37(33)44)39-48(46,47)32-18-30(20-41)36(43)34(38(32)45)28-12-10-26(16-28)24-8-4-6-22(2)14-24/h3,5,7,13,22,24-45H,4,6,8-12,14-20H2,1-2H3/t22?,24?,25?,26?,27?,28?,29-,30-,31-,32?,33+,34+,35+,36+,37?,38+/m1/s1. The van der Waals surface area contributed by atoms with Gasteiger partial charge in [-0.15, -0.1) is 0 Å². The van der Waals surface area contributed by atoms with E-state index in [-0.39, 0.29) is 43.8 Å². The second kappa shape index (κ2) is 15.2. The fraction of sp³-hybridized carbons (Fsp3) is 0.842. The van der Waals surface area contributed by atoms with Crippen LogP contribution < -0.4 is 4.72 Å². The van der Waals surface area contributed by atoms with E-state index in [0.717, 1.165) is 38.5 Å². The van der Waals surface area contributed by atoms with Crippen LogP contribution >= 0.6 is 0 Å². The van der Waals surface area contributed by atoms with Crippen LogP contribution in [0.25, 0.3) is 0 Å². The molecular formula is C38H61NO8S. The maximum absolute atomic E-state index is 14.2. The minimum Gasteiger partial charge on any atom is -0.396 e. The second-order valence-corrected chi connectivity index (χ2v) is 18.8. The second-order valence-electron chi connectivity index (χ2n) is 16.8. The van der Waals surface area contributed by atoms with Crippen LogP contribution in [0.5, 0.6) is 0 Å². The number of benzene rings is 1. The molecule has 0 heterocycles. The number of hydrogen-bond acceptors (Lipinski definition) is 8. The Morgan fingerprint density at radius 1 is 0.708 bits per heavy atom. The molecule has 48 heavy (non-hydrogen) atoms. The molecule has 5 aliphatic rings. The molecule has 9 nitrogen and oxygen atoms in total. The van der Waals surface area contributed by atoms with Gasteiger partial charge in [0.2, 0.25) is 10.0 Å². The third kappa shape index (κ3) is 7.43. The molecule has 0 aromatic heterocycles. The highest BCUT2D eigenvalue weighted by Gasteiger charge is 2.54. The number of rotatable bonds is 9. The van der Waals surface area contributed by atoms with Crippen molar-refractivity contribution in [2.24, 2.45) is 53.3 Å². The summed E-state index contributed by atoms with van der Waals surface area (Å²) in [5.74, 6) is -0.464. The maximum atomic E-state index is 14.2.